The maximum Gasteiger partial charge on any atom is 0.255 e. The van der Waals surface area contributed by atoms with Gasteiger partial charge in [-0.1, -0.05) is 13.0 Å². The first kappa shape index (κ1) is 15.2. The molecule has 1 aromatic heterocycles. The molecule has 2 heterocycles. The summed E-state index contributed by atoms with van der Waals surface area (Å²) in [6.45, 7) is 2.76. The van der Waals surface area contributed by atoms with Crippen molar-refractivity contribution in [2.45, 2.75) is 24.3 Å². The molecule has 0 amide bonds. The Hall–Kier alpha value is -1.70. The molecule has 0 aliphatic carbocycles. The molecule has 3 N–H and O–H groups in total. The van der Waals surface area contributed by atoms with Gasteiger partial charge in [-0.25, -0.2) is 8.42 Å². The van der Waals surface area contributed by atoms with E-state index in [0.29, 0.717) is 23.9 Å². The Kier molecular flexibility index (Phi) is 3.80. The number of hydrogen-bond acceptors (Lipinski definition) is 4. The molecule has 22 heavy (non-hydrogen) atoms. The molecule has 0 bridgehead atoms. The Balaban J connectivity index is 2.14. The number of benzene rings is 1. The first-order valence-corrected chi connectivity index (χ1v) is 8.70. The Bertz CT molecular complexity index is 850. The monoisotopic (exact) mass is 321 g/mol. The number of H-pyrrole nitrogens is 1. The fraction of sp³-hybridized carbons (Fsp3) is 0.400. The summed E-state index contributed by atoms with van der Waals surface area (Å²) in [5.41, 5.74) is 5.67. The molecule has 2 aromatic rings. The van der Waals surface area contributed by atoms with E-state index < -0.39 is 10.0 Å². The number of nitrogens with one attached hydrogen (secondary N) is 1. The molecule has 3 rings (SSSR count). The lowest BCUT2D eigenvalue weighted by Crippen LogP contribution is -2.48. The quantitative estimate of drug-likeness (QED) is 0.858. The number of fused-ring (bicyclic) bond motifs is 1. The number of aromatic amines is 1. The van der Waals surface area contributed by atoms with Crippen molar-refractivity contribution in [2.24, 2.45) is 11.7 Å². The van der Waals surface area contributed by atoms with E-state index in [0.717, 1.165) is 6.42 Å². The molecule has 2 unspecified atom stereocenters. The Morgan fingerprint density at radius 1 is 1.23 bits per heavy atom. The highest BCUT2D eigenvalue weighted by atomic mass is 32.2. The third-order valence-electron chi connectivity index (χ3n) is 4.05. The van der Waals surface area contributed by atoms with Crippen LogP contribution in [0.4, 0.5) is 0 Å². The van der Waals surface area contributed by atoms with Crippen LogP contribution in [0.25, 0.3) is 10.8 Å². The summed E-state index contributed by atoms with van der Waals surface area (Å²) in [6, 6.07) is 6.23. The molecule has 0 spiro atoms. The second-order valence-electron chi connectivity index (χ2n) is 5.95. The molecular weight excluding hydrogens is 302 g/mol. The number of rotatable bonds is 2. The summed E-state index contributed by atoms with van der Waals surface area (Å²) in [7, 11) is -3.67. The molecule has 0 saturated carbocycles. The Morgan fingerprint density at radius 3 is 2.73 bits per heavy atom. The van der Waals surface area contributed by atoms with Crippen molar-refractivity contribution >= 4 is 20.8 Å². The van der Waals surface area contributed by atoms with Crippen LogP contribution in [-0.2, 0) is 10.0 Å². The highest BCUT2D eigenvalue weighted by Crippen LogP contribution is 2.27. The van der Waals surface area contributed by atoms with Crippen molar-refractivity contribution in [1.29, 1.82) is 0 Å². The van der Waals surface area contributed by atoms with Gasteiger partial charge in [0, 0.05) is 36.1 Å². The molecule has 1 saturated heterocycles. The predicted molar refractivity (Wildman–Crippen MR) is 85.1 cm³/mol. The molecular formula is C15H19N3O3S. The SMILES string of the molecule is CC1CC(N)CN(S(=O)(=O)c2cccc3c(=O)[nH]ccc23)C1. The largest absolute Gasteiger partial charge is 0.329 e. The molecule has 118 valence electrons. The molecule has 6 nitrogen and oxygen atoms in total. The second-order valence-corrected chi connectivity index (χ2v) is 7.85. The van der Waals surface area contributed by atoms with Gasteiger partial charge in [-0.2, -0.15) is 4.31 Å². The highest BCUT2D eigenvalue weighted by Gasteiger charge is 2.32. The average molecular weight is 321 g/mol. The first-order chi connectivity index (χ1) is 10.4. The Morgan fingerprint density at radius 2 is 2.00 bits per heavy atom. The van der Waals surface area contributed by atoms with Gasteiger partial charge in [-0.05, 0) is 30.5 Å². The van der Waals surface area contributed by atoms with Crippen molar-refractivity contribution in [2.75, 3.05) is 13.1 Å². The molecule has 1 fully saturated rings. The lowest BCUT2D eigenvalue weighted by Gasteiger charge is -2.34. The number of aromatic nitrogens is 1. The van der Waals surface area contributed by atoms with Crippen LogP contribution in [0, 0.1) is 5.92 Å². The molecule has 1 aliphatic rings. The van der Waals surface area contributed by atoms with Crippen molar-refractivity contribution < 1.29 is 8.42 Å². The van der Waals surface area contributed by atoms with Gasteiger partial charge in [-0.3, -0.25) is 4.79 Å². The van der Waals surface area contributed by atoms with Gasteiger partial charge in [0.05, 0.1) is 4.90 Å². The minimum Gasteiger partial charge on any atom is -0.329 e. The maximum absolute atomic E-state index is 13.0. The van der Waals surface area contributed by atoms with Crippen molar-refractivity contribution in [1.82, 2.24) is 9.29 Å². The van der Waals surface area contributed by atoms with Gasteiger partial charge in [0.2, 0.25) is 10.0 Å². The van der Waals surface area contributed by atoms with E-state index in [1.807, 2.05) is 6.92 Å². The Labute approximate surface area is 129 Å². The number of hydrogen-bond donors (Lipinski definition) is 2. The van der Waals surface area contributed by atoms with Crippen molar-refractivity contribution in [3.05, 3.63) is 40.8 Å². The number of pyridine rings is 1. The summed E-state index contributed by atoms with van der Waals surface area (Å²) >= 11 is 0. The lowest BCUT2D eigenvalue weighted by molar-refractivity contribution is 0.254. The molecule has 0 radical (unpaired) electrons. The highest BCUT2D eigenvalue weighted by molar-refractivity contribution is 7.89. The zero-order chi connectivity index (χ0) is 15.9. The number of nitrogens with zero attached hydrogens (tertiary/aromatic N) is 1. The van der Waals surface area contributed by atoms with E-state index in [9.17, 15) is 13.2 Å². The van der Waals surface area contributed by atoms with Crippen LogP contribution in [0.1, 0.15) is 13.3 Å². The minimum absolute atomic E-state index is 0.156. The van der Waals surface area contributed by atoms with Crippen LogP contribution in [0.3, 0.4) is 0 Å². The second kappa shape index (κ2) is 5.49. The topological polar surface area (TPSA) is 96.3 Å². The lowest BCUT2D eigenvalue weighted by atomic mass is 9.99. The third-order valence-corrected chi connectivity index (χ3v) is 5.94. The number of nitrogens with two attached hydrogens (primary N) is 1. The summed E-state index contributed by atoms with van der Waals surface area (Å²) in [6.07, 6.45) is 2.29. The van der Waals surface area contributed by atoms with Gasteiger partial charge in [0.25, 0.3) is 5.56 Å². The van der Waals surface area contributed by atoms with E-state index in [1.54, 1.807) is 24.3 Å². The van der Waals surface area contributed by atoms with Gasteiger partial charge in [0.1, 0.15) is 0 Å². The minimum atomic E-state index is -3.67. The summed E-state index contributed by atoms with van der Waals surface area (Å²) in [4.78, 5) is 14.6. The van der Waals surface area contributed by atoms with Gasteiger partial charge in [-0.15, -0.1) is 0 Å². The zero-order valence-corrected chi connectivity index (χ0v) is 13.1. The predicted octanol–water partition coefficient (Wildman–Crippen LogP) is 0.886. The fourth-order valence-electron chi connectivity index (χ4n) is 3.10. The van der Waals surface area contributed by atoms with E-state index in [4.69, 9.17) is 5.73 Å². The van der Waals surface area contributed by atoms with E-state index in [1.165, 1.54) is 10.5 Å². The van der Waals surface area contributed by atoms with Gasteiger partial charge < -0.3 is 10.7 Å². The summed E-state index contributed by atoms with van der Waals surface area (Å²) < 4.78 is 27.4. The summed E-state index contributed by atoms with van der Waals surface area (Å²) in [5, 5.41) is 0.816. The van der Waals surface area contributed by atoms with Crippen LogP contribution in [0.15, 0.2) is 40.2 Å². The van der Waals surface area contributed by atoms with Gasteiger partial charge in [0.15, 0.2) is 0 Å². The number of piperidine rings is 1. The van der Waals surface area contributed by atoms with Crippen LogP contribution in [0.2, 0.25) is 0 Å². The molecule has 1 aliphatic heterocycles. The standard InChI is InChI=1S/C15H19N3O3S/c1-10-7-11(16)9-18(8-10)22(20,21)14-4-2-3-13-12(14)5-6-17-15(13)19/h2-6,10-11H,7-9,16H2,1H3,(H,17,19). The number of sulfonamides is 1. The zero-order valence-electron chi connectivity index (χ0n) is 12.3. The van der Waals surface area contributed by atoms with Crippen LogP contribution < -0.4 is 11.3 Å². The third kappa shape index (κ3) is 2.55. The first-order valence-electron chi connectivity index (χ1n) is 7.25. The van der Waals surface area contributed by atoms with Crippen molar-refractivity contribution in [3.8, 4) is 0 Å². The van der Waals surface area contributed by atoms with Crippen LogP contribution in [-0.4, -0.2) is 36.8 Å². The molecule has 7 heteroatoms. The normalized spacial score (nSPS) is 23.7. The average Bonchev–Trinajstić information content (AvgIpc) is 2.46. The fourth-order valence-corrected chi connectivity index (χ4v) is 4.93. The van der Waals surface area contributed by atoms with E-state index >= 15 is 0 Å². The maximum atomic E-state index is 13.0. The van der Waals surface area contributed by atoms with Crippen LogP contribution >= 0.6 is 0 Å². The summed E-state index contributed by atoms with van der Waals surface area (Å²) in [5.74, 6) is 0.219. The van der Waals surface area contributed by atoms with E-state index in [2.05, 4.69) is 4.98 Å². The van der Waals surface area contributed by atoms with E-state index in [-0.39, 0.29) is 22.4 Å². The van der Waals surface area contributed by atoms with Gasteiger partial charge >= 0.3 is 0 Å². The van der Waals surface area contributed by atoms with Crippen molar-refractivity contribution in [3.63, 3.8) is 0 Å². The molecule has 1 aromatic carbocycles. The molecule has 2 atom stereocenters. The van der Waals surface area contributed by atoms with Crippen LogP contribution in [0.5, 0.6) is 0 Å². The smallest absolute Gasteiger partial charge is 0.255 e.